The number of rotatable bonds is 5. The molecule has 1 atom stereocenters. The van der Waals surface area contributed by atoms with Gasteiger partial charge in [0.05, 0.1) is 25.2 Å². The standard InChI is InChI=1S/C10H17N3O2/c1-7(2)3-8(5-14)13-10(15)9-4-11-6-12-9/h4,6-8,14H,3,5H2,1-2H3,(H,11,12)(H,13,15). The van der Waals surface area contributed by atoms with Crippen LogP contribution in [0.1, 0.15) is 30.8 Å². The molecule has 0 bridgehead atoms. The first-order chi connectivity index (χ1) is 7.13. The van der Waals surface area contributed by atoms with Crippen molar-refractivity contribution in [2.75, 3.05) is 6.61 Å². The van der Waals surface area contributed by atoms with Crippen LogP contribution >= 0.6 is 0 Å². The first-order valence-corrected chi connectivity index (χ1v) is 5.03. The van der Waals surface area contributed by atoms with Gasteiger partial charge < -0.3 is 15.4 Å². The van der Waals surface area contributed by atoms with Crippen molar-refractivity contribution in [3.63, 3.8) is 0 Å². The Labute approximate surface area is 88.9 Å². The van der Waals surface area contributed by atoms with Crippen LogP contribution in [0.3, 0.4) is 0 Å². The van der Waals surface area contributed by atoms with Crippen LogP contribution in [0, 0.1) is 5.92 Å². The van der Waals surface area contributed by atoms with Crippen molar-refractivity contribution >= 4 is 5.91 Å². The number of hydrogen-bond acceptors (Lipinski definition) is 3. The number of hydrogen-bond donors (Lipinski definition) is 3. The Morgan fingerprint density at radius 1 is 1.67 bits per heavy atom. The molecule has 0 radical (unpaired) electrons. The molecule has 5 heteroatoms. The van der Waals surface area contributed by atoms with Gasteiger partial charge in [-0.2, -0.15) is 0 Å². The Hall–Kier alpha value is -1.36. The van der Waals surface area contributed by atoms with Gasteiger partial charge in [-0.3, -0.25) is 4.79 Å². The van der Waals surface area contributed by atoms with Crippen LogP contribution in [-0.2, 0) is 0 Å². The number of carbonyl (C=O) groups excluding carboxylic acids is 1. The van der Waals surface area contributed by atoms with Crippen molar-refractivity contribution < 1.29 is 9.90 Å². The molecule has 1 unspecified atom stereocenters. The third-order valence-corrected chi connectivity index (χ3v) is 2.05. The maximum Gasteiger partial charge on any atom is 0.269 e. The fourth-order valence-electron chi connectivity index (χ4n) is 1.39. The zero-order chi connectivity index (χ0) is 11.3. The number of aromatic amines is 1. The number of nitrogens with one attached hydrogen (secondary N) is 2. The fraction of sp³-hybridized carbons (Fsp3) is 0.600. The van der Waals surface area contributed by atoms with Gasteiger partial charge >= 0.3 is 0 Å². The monoisotopic (exact) mass is 211 g/mol. The van der Waals surface area contributed by atoms with E-state index in [1.807, 2.05) is 13.8 Å². The summed E-state index contributed by atoms with van der Waals surface area (Å²) in [6.07, 6.45) is 3.67. The molecular weight excluding hydrogens is 194 g/mol. The first kappa shape index (κ1) is 11.7. The van der Waals surface area contributed by atoms with Gasteiger partial charge in [0.25, 0.3) is 5.91 Å². The van der Waals surface area contributed by atoms with Gasteiger partial charge in [-0.25, -0.2) is 4.98 Å². The summed E-state index contributed by atoms with van der Waals surface area (Å²) in [5, 5.41) is 11.8. The lowest BCUT2D eigenvalue weighted by Gasteiger charge is -2.17. The highest BCUT2D eigenvalue weighted by molar-refractivity contribution is 5.92. The van der Waals surface area contributed by atoms with Gasteiger partial charge in [-0.1, -0.05) is 13.8 Å². The highest BCUT2D eigenvalue weighted by atomic mass is 16.3. The third-order valence-electron chi connectivity index (χ3n) is 2.05. The Bertz CT molecular complexity index is 296. The molecule has 1 heterocycles. The number of aromatic nitrogens is 2. The van der Waals surface area contributed by atoms with E-state index < -0.39 is 0 Å². The molecule has 0 aliphatic heterocycles. The normalized spacial score (nSPS) is 12.8. The van der Waals surface area contributed by atoms with E-state index in [4.69, 9.17) is 5.11 Å². The van der Waals surface area contributed by atoms with Crippen molar-refractivity contribution in [2.24, 2.45) is 5.92 Å². The lowest BCUT2D eigenvalue weighted by atomic mass is 10.0. The van der Waals surface area contributed by atoms with Gasteiger partial charge in [0.15, 0.2) is 0 Å². The Kier molecular flexibility index (Phi) is 4.30. The number of nitrogens with zero attached hydrogens (tertiary/aromatic N) is 1. The summed E-state index contributed by atoms with van der Waals surface area (Å²) in [6, 6.07) is -0.194. The molecule has 1 aromatic rings. The van der Waals surface area contributed by atoms with E-state index in [1.165, 1.54) is 12.5 Å². The zero-order valence-corrected chi connectivity index (χ0v) is 9.03. The lowest BCUT2D eigenvalue weighted by Crippen LogP contribution is -2.38. The van der Waals surface area contributed by atoms with Crippen LogP contribution in [0.4, 0.5) is 0 Å². The third kappa shape index (κ3) is 3.71. The second-order valence-electron chi connectivity index (χ2n) is 3.95. The van der Waals surface area contributed by atoms with Gasteiger partial charge in [0, 0.05) is 0 Å². The molecule has 0 saturated heterocycles. The van der Waals surface area contributed by atoms with E-state index in [2.05, 4.69) is 15.3 Å². The number of amides is 1. The molecule has 0 aliphatic carbocycles. The highest BCUT2D eigenvalue weighted by Gasteiger charge is 2.14. The molecule has 0 spiro atoms. The average Bonchev–Trinajstić information content (AvgIpc) is 2.68. The van der Waals surface area contributed by atoms with Crippen LogP contribution in [0.25, 0.3) is 0 Å². The summed E-state index contributed by atoms with van der Waals surface area (Å²) < 4.78 is 0. The maximum absolute atomic E-state index is 11.6. The molecule has 1 amide bonds. The van der Waals surface area contributed by atoms with E-state index in [0.717, 1.165) is 6.42 Å². The summed E-state index contributed by atoms with van der Waals surface area (Å²) >= 11 is 0. The van der Waals surface area contributed by atoms with E-state index in [1.54, 1.807) is 0 Å². The smallest absolute Gasteiger partial charge is 0.269 e. The van der Waals surface area contributed by atoms with Crippen LogP contribution in [0.5, 0.6) is 0 Å². The minimum atomic E-state index is -0.229. The molecule has 5 nitrogen and oxygen atoms in total. The van der Waals surface area contributed by atoms with Gasteiger partial charge in [0.1, 0.15) is 5.69 Å². The quantitative estimate of drug-likeness (QED) is 0.665. The van der Waals surface area contributed by atoms with Gasteiger partial charge in [-0.15, -0.1) is 0 Å². The second-order valence-corrected chi connectivity index (χ2v) is 3.95. The summed E-state index contributed by atoms with van der Waals surface area (Å²) in [4.78, 5) is 18.0. The molecule has 0 aliphatic rings. The Morgan fingerprint density at radius 2 is 2.40 bits per heavy atom. The number of aliphatic hydroxyl groups excluding tert-OH is 1. The second kappa shape index (κ2) is 5.50. The maximum atomic E-state index is 11.6. The molecular formula is C10H17N3O2. The van der Waals surface area contributed by atoms with Crippen LogP contribution in [-0.4, -0.2) is 33.6 Å². The molecule has 1 rings (SSSR count). The number of imidazole rings is 1. The summed E-state index contributed by atoms with van der Waals surface area (Å²) in [5.74, 6) is 0.205. The van der Waals surface area contributed by atoms with Crippen molar-refractivity contribution in [2.45, 2.75) is 26.3 Å². The number of carbonyl (C=O) groups is 1. The largest absolute Gasteiger partial charge is 0.394 e. The minimum Gasteiger partial charge on any atom is -0.394 e. The molecule has 0 saturated carbocycles. The van der Waals surface area contributed by atoms with Crippen molar-refractivity contribution in [3.05, 3.63) is 18.2 Å². The molecule has 3 N–H and O–H groups in total. The molecule has 0 aromatic carbocycles. The lowest BCUT2D eigenvalue weighted by molar-refractivity contribution is 0.0904. The van der Waals surface area contributed by atoms with Crippen LogP contribution in [0.15, 0.2) is 12.5 Å². The fourth-order valence-corrected chi connectivity index (χ4v) is 1.39. The summed E-state index contributed by atoms with van der Waals surface area (Å²) in [5.41, 5.74) is 0.414. The van der Waals surface area contributed by atoms with Crippen molar-refractivity contribution in [3.8, 4) is 0 Å². The van der Waals surface area contributed by atoms with Crippen molar-refractivity contribution in [1.82, 2.24) is 15.3 Å². The van der Waals surface area contributed by atoms with Crippen LogP contribution in [0.2, 0.25) is 0 Å². The first-order valence-electron chi connectivity index (χ1n) is 5.03. The number of aliphatic hydroxyl groups is 1. The van der Waals surface area contributed by atoms with Gasteiger partial charge in [0.2, 0.25) is 0 Å². The number of H-pyrrole nitrogens is 1. The SMILES string of the molecule is CC(C)CC(CO)NC(=O)c1cnc[nH]1. The topological polar surface area (TPSA) is 78.0 Å². The van der Waals surface area contributed by atoms with Gasteiger partial charge in [-0.05, 0) is 12.3 Å². The van der Waals surface area contributed by atoms with Crippen LogP contribution < -0.4 is 5.32 Å². The molecule has 84 valence electrons. The summed E-state index contributed by atoms with van der Waals surface area (Å²) in [6.45, 7) is 4.05. The molecule has 0 fully saturated rings. The van der Waals surface area contributed by atoms with E-state index in [-0.39, 0.29) is 18.6 Å². The van der Waals surface area contributed by atoms with E-state index >= 15 is 0 Å². The Balaban J connectivity index is 2.48. The summed E-state index contributed by atoms with van der Waals surface area (Å²) in [7, 11) is 0. The predicted octanol–water partition coefficient (Wildman–Crippen LogP) is 0.546. The minimum absolute atomic E-state index is 0.0436. The zero-order valence-electron chi connectivity index (χ0n) is 9.03. The molecule has 15 heavy (non-hydrogen) atoms. The highest BCUT2D eigenvalue weighted by Crippen LogP contribution is 2.04. The van der Waals surface area contributed by atoms with E-state index in [0.29, 0.717) is 11.6 Å². The van der Waals surface area contributed by atoms with Crippen molar-refractivity contribution in [1.29, 1.82) is 0 Å². The van der Waals surface area contributed by atoms with E-state index in [9.17, 15) is 4.79 Å². The average molecular weight is 211 g/mol. The predicted molar refractivity (Wildman–Crippen MR) is 56.4 cm³/mol. The molecule has 1 aromatic heterocycles. The Morgan fingerprint density at radius 3 is 2.87 bits per heavy atom.